The molecule has 0 fully saturated rings. The molecule has 2 amide bonds. The first-order chi connectivity index (χ1) is 12.9. The van der Waals surface area contributed by atoms with Crippen molar-refractivity contribution >= 4 is 34.8 Å². The molecule has 0 aliphatic heterocycles. The van der Waals surface area contributed by atoms with Crippen molar-refractivity contribution in [1.29, 1.82) is 0 Å². The van der Waals surface area contributed by atoms with Crippen molar-refractivity contribution in [3.8, 4) is 0 Å². The molecule has 7 heteroatoms. The average Bonchev–Trinajstić information content (AvgIpc) is 2.67. The van der Waals surface area contributed by atoms with Crippen LogP contribution in [0.5, 0.6) is 0 Å². The Morgan fingerprint density at radius 3 is 2.26 bits per heavy atom. The Labute approximate surface area is 160 Å². The topological polar surface area (TPSA) is 71.1 Å². The van der Waals surface area contributed by atoms with Gasteiger partial charge in [-0.2, -0.15) is 0 Å². The van der Waals surface area contributed by atoms with Gasteiger partial charge >= 0.3 is 0 Å². The third-order valence-electron chi connectivity index (χ3n) is 3.88. The number of anilines is 2. The lowest BCUT2D eigenvalue weighted by atomic mass is 10.1. The lowest BCUT2D eigenvalue weighted by Crippen LogP contribution is -2.16. The maximum absolute atomic E-state index is 12.9. The number of amides is 2. The summed E-state index contributed by atoms with van der Waals surface area (Å²) in [5.41, 5.74) is 2.18. The van der Waals surface area contributed by atoms with E-state index in [1.807, 2.05) is 0 Å². The summed E-state index contributed by atoms with van der Waals surface area (Å²) in [6, 6.07) is 12.0. The molecule has 0 unspecified atom stereocenters. The van der Waals surface area contributed by atoms with E-state index in [1.165, 1.54) is 42.7 Å². The van der Waals surface area contributed by atoms with Crippen LogP contribution in [0.1, 0.15) is 26.3 Å². The van der Waals surface area contributed by atoms with Crippen LogP contribution >= 0.6 is 11.6 Å². The van der Waals surface area contributed by atoms with E-state index in [0.717, 1.165) is 5.56 Å². The summed E-state index contributed by atoms with van der Waals surface area (Å²) >= 11 is 6.06. The third-order valence-corrected chi connectivity index (χ3v) is 4.29. The SMILES string of the molecule is Cc1c(Cl)cccc1NC(=O)c1cncc(C(=O)Nc2ccc(F)cc2)c1. The minimum absolute atomic E-state index is 0.204. The maximum atomic E-state index is 12.9. The van der Waals surface area contributed by atoms with Crippen molar-refractivity contribution < 1.29 is 14.0 Å². The molecule has 0 aliphatic carbocycles. The van der Waals surface area contributed by atoms with E-state index >= 15 is 0 Å². The molecule has 0 radical (unpaired) electrons. The highest BCUT2D eigenvalue weighted by atomic mass is 35.5. The summed E-state index contributed by atoms with van der Waals surface area (Å²) in [7, 11) is 0. The second-order valence-corrected chi connectivity index (χ2v) is 6.20. The Balaban J connectivity index is 1.76. The fourth-order valence-corrected chi connectivity index (χ4v) is 2.54. The molecule has 5 nitrogen and oxygen atoms in total. The number of aromatic nitrogens is 1. The second kappa shape index (κ2) is 7.97. The molecule has 0 saturated heterocycles. The van der Waals surface area contributed by atoms with Crippen molar-refractivity contribution in [2.24, 2.45) is 0 Å². The van der Waals surface area contributed by atoms with Crippen molar-refractivity contribution in [1.82, 2.24) is 4.98 Å². The number of nitrogens with one attached hydrogen (secondary N) is 2. The number of pyridine rings is 1. The molecule has 0 spiro atoms. The van der Waals surface area contributed by atoms with Crippen LogP contribution in [0.4, 0.5) is 15.8 Å². The summed E-state index contributed by atoms with van der Waals surface area (Å²) in [6.07, 6.45) is 2.71. The van der Waals surface area contributed by atoms with E-state index in [0.29, 0.717) is 16.4 Å². The largest absolute Gasteiger partial charge is 0.322 e. The monoisotopic (exact) mass is 383 g/mol. The van der Waals surface area contributed by atoms with Crippen molar-refractivity contribution in [3.63, 3.8) is 0 Å². The van der Waals surface area contributed by atoms with Crippen LogP contribution < -0.4 is 10.6 Å². The van der Waals surface area contributed by atoms with E-state index < -0.39 is 17.6 Å². The van der Waals surface area contributed by atoms with Crippen LogP contribution in [0.2, 0.25) is 5.02 Å². The molecule has 0 bridgehead atoms. The van der Waals surface area contributed by atoms with Gasteiger partial charge in [-0.15, -0.1) is 0 Å². The van der Waals surface area contributed by atoms with Gasteiger partial charge in [0.15, 0.2) is 0 Å². The smallest absolute Gasteiger partial charge is 0.257 e. The number of hydrogen-bond acceptors (Lipinski definition) is 3. The first kappa shape index (κ1) is 18.5. The summed E-state index contributed by atoms with van der Waals surface area (Å²) in [5.74, 6) is -1.27. The summed E-state index contributed by atoms with van der Waals surface area (Å²) < 4.78 is 12.9. The molecule has 2 N–H and O–H groups in total. The Kier molecular flexibility index (Phi) is 5.47. The Hall–Kier alpha value is -3.25. The van der Waals surface area contributed by atoms with E-state index in [4.69, 9.17) is 11.6 Å². The van der Waals surface area contributed by atoms with E-state index in [1.54, 1.807) is 25.1 Å². The fraction of sp³-hybridized carbons (Fsp3) is 0.0500. The number of halogens is 2. The lowest BCUT2D eigenvalue weighted by molar-refractivity contribution is 0.102. The van der Waals surface area contributed by atoms with Crippen LogP contribution in [-0.2, 0) is 0 Å². The first-order valence-electron chi connectivity index (χ1n) is 8.02. The fourth-order valence-electron chi connectivity index (χ4n) is 2.36. The molecule has 0 atom stereocenters. The van der Waals surface area contributed by atoms with Crippen molar-refractivity contribution in [2.75, 3.05) is 10.6 Å². The highest BCUT2D eigenvalue weighted by Crippen LogP contribution is 2.23. The first-order valence-corrected chi connectivity index (χ1v) is 8.40. The zero-order valence-corrected chi connectivity index (χ0v) is 15.0. The van der Waals surface area contributed by atoms with Gasteiger partial charge in [0.05, 0.1) is 11.1 Å². The van der Waals surface area contributed by atoms with Gasteiger partial charge in [-0.05, 0) is 55.0 Å². The van der Waals surface area contributed by atoms with Gasteiger partial charge in [-0.1, -0.05) is 17.7 Å². The maximum Gasteiger partial charge on any atom is 0.257 e. The molecule has 0 saturated carbocycles. The van der Waals surface area contributed by atoms with Crippen LogP contribution in [0.3, 0.4) is 0 Å². The zero-order valence-electron chi connectivity index (χ0n) is 14.3. The number of nitrogens with zero attached hydrogens (tertiary/aromatic N) is 1. The van der Waals surface area contributed by atoms with Gasteiger partial charge < -0.3 is 10.6 Å². The molecule has 1 aromatic heterocycles. The van der Waals surface area contributed by atoms with Gasteiger partial charge in [0, 0.05) is 28.8 Å². The molecule has 136 valence electrons. The number of rotatable bonds is 4. The molecular formula is C20H15ClFN3O2. The number of carbonyl (C=O) groups excluding carboxylic acids is 2. The summed E-state index contributed by atoms with van der Waals surface area (Å²) in [5, 5.41) is 5.92. The predicted octanol–water partition coefficient (Wildman–Crippen LogP) is 4.69. The van der Waals surface area contributed by atoms with Crippen LogP contribution in [-0.4, -0.2) is 16.8 Å². The van der Waals surface area contributed by atoms with E-state index in [-0.39, 0.29) is 11.1 Å². The van der Waals surface area contributed by atoms with E-state index in [9.17, 15) is 14.0 Å². The minimum Gasteiger partial charge on any atom is -0.322 e. The zero-order chi connectivity index (χ0) is 19.4. The number of carbonyl (C=O) groups is 2. The molecule has 0 aliphatic rings. The Morgan fingerprint density at radius 1 is 0.963 bits per heavy atom. The van der Waals surface area contributed by atoms with Crippen molar-refractivity contribution in [3.05, 3.63) is 88.5 Å². The summed E-state index contributed by atoms with van der Waals surface area (Å²) in [6.45, 7) is 1.79. The molecule has 27 heavy (non-hydrogen) atoms. The summed E-state index contributed by atoms with van der Waals surface area (Å²) in [4.78, 5) is 28.8. The lowest BCUT2D eigenvalue weighted by Gasteiger charge is -2.10. The molecule has 1 heterocycles. The van der Waals surface area contributed by atoms with Crippen LogP contribution in [0.15, 0.2) is 60.9 Å². The molecule has 3 rings (SSSR count). The van der Waals surface area contributed by atoms with Gasteiger partial charge in [0.1, 0.15) is 5.82 Å². The van der Waals surface area contributed by atoms with Gasteiger partial charge in [-0.3, -0.25) is 14.6 Å². The quantitative estimate of drug-likeness (QED) is 0.686. The van der Waals surface area contributed by atoms with Crippen LogP contribution in [0.25, 0.3) is 0 Å². The van der Waals surface area contributed by atoms with Gasteiger partial charge in [0.2, 0.25) is 0 Å². The Morgan fingerprint density at radius 2 is 1.59 bits per heavy atom. The Bertz CT molecular complexity index is 1010. The highest BCUT2D eigenvalue weighted by Gasteiger charge is 2.13. The molecule has 3 aromatic rings. The van der Waals surface area contributed by atoms with Crippen molar-refractivity contribution in [2.45, 2.75) is 6.92 Å². The average molecular weight is 384 g/mol. The third kappa shape index (κ3) is 4.48. The number of benzene rings is 2. The minimum atomic E-state index is -0.456. The number of hydrogen-bond donors (Lipinski definition) is 2. The molecular weight excluding hydrogens is 369 g/mol. The second-order valence-electron chi connectivity index (χ2n) is 5.79. The van der Waals surface area contributed by atoms with Gasteiger partial charge in [-0.25, -0.2) is 4.39 Å². The molecule has 2 aromatic carbocycles. The standard InChI is InChI=1S/C20H15ClFN3O2/c1-12-17(21)3-2-4-18(12)25-20(27)14-9-13(10-23-11-14)19(26)24-16-7-5-15(22)6-8-16/h2-11H,1H3,(H,24,26)(H,25,27). The normalized spacial score (nSPS) is 10.3. The highest BCUT2D eigenvalue weighted by molar-refractivity contribution is 6.31. The van der Waals surface area contributed by atoms with E-state index in [2.05, 4.69) is 15.6 Å². The predicted molar refractivity (Wildman–Crippen MR) is 103 cm³/mol. The van der Waals surface area contributed by atoms with Crippen LogP contribution in [0, 0.1) is 12.7 Å². The van der Waals surface area contributed by atoms with Gasteiger partial charge in [0.25, 0.3) is 11.8 Å².